The summed E-state index contributed by atoms with van der Waals surface area (Å²) in [6.07, 6.45) is 1.48. The van der Waals surface area contributed by atoms with Gasteiger partial charge in [0, 0.05) is 0 Å². The normalized spacial score (nSPS) is 10.8. The number of hydrogen-bond acceptors (Lipinski definition) is 4. The largest absolute Gasteiger partial charge is 0.467 e. The van der Waals surface area contributed by atoms with Crippen molar-refractivity contribution in [3.63, 3.8) is 0 Å². The third-order valence-corrected chi connectivity index (χ3v) is 3.28. The molecular formula is C15H12FN3O4. The Morgan fingerprint density at radius 1 is 1.30 bits per heavy atom. The van der Waals surface area contributed by atoms with Crippen LogP contribution < -0.4 is 16.4 Å². The molecule has 0 aliphatic rings. The number of halogens is 1. The minimum Gasteiger partial charge on any atom is -0.467 e. The van der Waals surface area contributed by atoms with Gasteiger partial charge in [-0.3, -0.25) is 19.0 Å². The lowest BCUT2D eigenvalue weighted by Crippen LogP contribution is -2.40. The molecular weight excluding hydrogens is 305 g/mol. The third-order valence-electron chi connectivity index (χ3n) is 3.28. The fourth-order valence-corrected chi connectivity index (χ4v) is 2.21. The van der Waals surface area contributed by atoms with E-state index in [0.29, 0.717) is 5.76 Å². The quantitative estimate of drug-likeness (QED) is 0.694. The number of furan rings is 1. The second-order valence-corrected chi connectivity index (χ2v) is 4.86. The molecule has 0 unspecified atom stereocenters. The van der Waals surface area contributed by atoms with E-state index in [4.69, 9.17) is 4.42 Å². The summed E-state index contributed by atoms with van der Waals surface area (Å²) in [5.74, 6) is -0.469. The van der Waals surface area contributed by atoms with Gasteiger partial charge in [0.2, 0.25) is 5.91 Å². The molecule has 0 fully saturated rings. The molecule has 7 nitrogen and oxygen atoms in total. The van der Waals surface area contributed by atoms with Crippen molar-refractivity contribution < 1.29 is 13.6 Å². The van der Waals surface area contributed by atoms with Crippen LogP contribution in [-0.4, -0.2) is 15.5 Å². The first-order valence-corrected chi connectivity index (χ1v) is 6.76. The van der Waals surface area contributed by atoms with E-state index in [1.54, 1.807) is 12.1 Å². The first-order chi connectivity index (χ1) is 11.0. The molecule has 0 atom stereocenters. The number of hydrogen-bond donors (Lipinski definition) is 2. The van der Waals surface area contributed by atoms with Gasteiger partial charge in [-0.1, -0.05) is 0 Å². The van der Waals surface area contributed by atoms with Crippen LogP contribution in [0, 0.1) is 5.82 Å². The maximum atomic E-state index is 13.2. The van der Waals surface area contributed by atoms with Crippen LogP contribution in [0.25, 0.3) is 11.0 Å². The number of rotatable bonds is 4. The van der Waals surface area contributed by atoms with Gasteiger partial charge in [-0.25, -0.2) is 4.39 Å². The van der Waals surface area contributed by atoms with Crippen molar-refractivity contribution in [3.05, 3.63) is 68.9 Å². The molecule has 0 bridgehead atoms. The van der Waals surface area contributed by atoms with E-state index in [9.17, 15) is 18.8 Å². The average molecular weight is 317 g/mol. The molecule has 0 spiro atoms. The maximum Gasteiger partial charge on any atom is 0.317 e. The Morgan fingerprint density at radius 2 is 2.13 bits per heavy atom. The fraction of sp³-hybridized carbons (Fsp3) is 0.133. The second-order valence-electron chi connectivity index (χ2n) is 4.86. The van der Waals surface area contributed by atoms with Crippen LogP contribution in [0.1, 0.15) is 5.76 Å². The number of carbonyl (C=O) groups excluding carboxylic acids is 1. The average Bonchev–Trinajstić information content (AvgIpc) is 3.03. The summed E-state index contributed by atoms with van der Waals surface area (Å²) in [6, 6.07) is 6.95. The molecule has 3 aromatic rings. The molecule has 1 aromatic carbocycles. The second kappa shape index (κ2) is 5.91. The van der Waals surface area contributed by atoms with E-state index in [2.05, 4.69) is 10.3 Å². The van der Waals surface area contributed by atoms with E-state index in [1.165, 1.54) is 12.3 Å². The number of aromatic amines is 1. The van der Waals surface area contributed by atoms with Gasteiger partial charge in [-0.2, -0.15) is 0 Å². The molecule has 0 saturated heterocycles. The van der Waals surface area contributed by atoms with E-state index in [-0.39, 0.29) is 24.1 Å². The first kappa shape index (κ1) is 14.8. The summed E-state index contributed by atoms with van der Waals surface area (Å²) in [7, 11) is 0. The van der Waals surface area contributed by atoms with Crippen LogP contribution in [-0.2, 0) is 17.9 Å². The summed E-state index contributed by atoms with van der Waals surface area (Å²) in [5.41, 5.74) is -1.38. The summed E-state index contributed by atoms with van der Waals surface area (Å²) in [4.78, 5) is 37.9. The highest BCUT2D eigenvalue weighted by Gasteiger charge is 2.12. The molecule has 0 aliphatic carbocycles. The monoisotopic (exact) mass is 317 g/mol. The Balaban J connectivity index is 1.89. The molecule has 23 heavy (non-hydrogen) atoms. The summed E-state index contributed by atoms with van der Waals surface area (Å²) in [5, 5.41) is 2.58. The summed E-state index contributed by atoms with van der Waals surface area (Å²) in [6.45, 7) is -0.193. The molecule has 118 valence electrons. The molecule has 0 radical (unpaired) electrons. The van der Waals surface area contributed by atoms with Crippen LogP contribution in [0.3, 0.4) is 0 Å². The van der Waals surface area contributed by atoms with Crippen molar-refractivity contribution in [2.24, 2.45) is 0 Å². The van der Waals surface area contributed by atoms with Crippen LogP contribution in [0.15, 0.2) is 50.6 Å². The summed E-state index contributed by atoms with van der Waals surface area (Å²) < 4.78 is 19.3. The smallest absolute Gasteiger partial charge is 0.317 e. The number of H-pyrrole nitrogens is 1. The van der Waals surface area contributed by atoms with Crippen LogP contribution in [0.4, 0.5) is 4.39 Å². The highest BCUT2D eigenvalue weighted by atomic mass is 19.1. The van der Waals surface area contributed by atoms with Gasteiger partial charge in [0.15, 0.2) is 0 Å². The number of benzene rings is 1. The van der Waals surface area contributed by atoms with E-state index in [0.717, 1.165) is 16.7 Å². The minimum atomic E-state index is -0.915. The van der Waals surface area contributed by atoms with Gasteiger partial charge >= 0.3 is 11.1 Å². The predicted molar refractivity (Wildman–Crippen MR) is 79.3 cm³/mol. The Hall–Kier alpha value is -3.16. The van der Waals surface area contributed by atoms with E-state index >= 15 is 0 Å². The lowest BCUT2D eigenvalue weighted by Gasteiger charge is -2.09. The Kier molecular flexibility index (Phi) is 3.80. The Morgan fingerprint density at radius 3 is 2.87 bits per heavy atom. The third kappa shape index (κ3) is 3.05. The molecule has 2 heterocycles. The molecule has 1 amide bonds. The molecule has 3 rings (SSSR count). The highest BCUT2D eigenvalue weighted by Crippen LogP contribution is 2.10. The minimum absolute atomic E-state index is 0.147. The zero-order valence-electron chi connectivity index (χ0n) is 11.8. The van der Waals surface area contributed by atoms with E-state index < -0.39 is 22.8 Å². The topological polar surface area (TPSA) is 97.1 Å². The van der Waals surface area contributed by atoms with Crippen molar-refractivity contribution in [3.8, 4) is 0 Å². The van der Waals surface area contributed by atoms with Gasteiger partial charge in [0.1, 0.15) is 18.1 Å². The Bertz CT molecular complexity index is 973. The van der Waals surface area contributed by atoms with Crippen molar-refractivity contribution in [2.75, 3.05) is 0 Å². The molecule has 2 N–H and O–H groups in total. The fourth-order valence-electron chi connectivity index (χ4n) is 2.21. The van der Waals surface area contributed by atoms with Crippen molar-refractivity contribution in [2.45, 2.75) is 13.1 Å². The lowest BCUT2D eigenvalue weighted by molar-refractivity contribution is -0.121. The number of amides is 1. The standard InChI is InChI=1S/C15H12FN3O4/c16-9-3-4-12-11(6-9)18-14(21)15(22)19(12)8-13(20)17-7-10-2-1-5-23-10/h1-6H,7-8H2,(H,17,20)(H,18,21). The number of nitrogens with one attached hydrogen (secondary N) is 2. The maximum absolute atomic E-state index is 13.2. The molecule has 0 saturated carbocycles. The van der Waals surface area contributed by atoms with Crippen LogP contribution in [0.5, 0.6) is 0 Å². The van der Waals surface area contributed by atoms with E-state index in [1.807, 2.05) is 0 Å². The van der Waals surface area contributed by atoms with Gasteiger partial charge < -0.3 is 14.7 Å². The van der Waals surface area contributed by atoms with Gasteiger partial charge in [-0.05, 0) is 30.3 Å². The molecule has 2 aromatic heterocycles. The number of aromatic nitrogens is 2. The van der Waals surface area contributed by atoms with Crippen molar-refractivity contribution in [1.82, 2.24) is 14.9 Å². The predicted octanol–water partition coefficient (Wildman–Crippen LogP) is 0.738. The SMILES string of the molecule is O=C(Cn1c(=O)c(=O)[nH]c2cc(F)ccc21)NCc1ccco1. The zero-order chi connectivity index (χ0) is 16.4. The number of carbonyl (C=O) groups is 1. The van der Waals surface area contributed by atoms with Crippen LogP contribution in [0.2, 0.25) is 0 Å². The van der Waals surface area contributed by atoms with Crippen molar-refractivity contribution in [1.29, 1.82) is 0 Å². The highest BCUT2D eigenvalue weighted by molar-refractivity contribution is 5.79. The Labute approximate surface area is 128 Å². The molecule has 0 aliphatic heterocycles. The van der Waals surface area contributed by atoms with Gasteiger partial charge in [-0.15, -0.1) is 0 Å². The lowest BCUT2D eigenvalue weighted by atomic mass is 10.3. The summed E-state index contributed by atoms with van der Waals surface area (Å²) >= 11 is 0. The van der Waals surface area contributed by atoms with Gasteiger partial charge in [0.05, 0.1) is 23.8 Å². The van der Waals surface area contributed by atoms with Gasteiger partial charge in [0.25, 0.3) is 0 Å². The number of nitrogens with zero attached hydrogens (tertiary/aromatic N) is 1. The van der Waals surface area contributed by atoms with Crippen molar-refractivity contribution >= 4 is 16.9 Å². The first-order valence-electron chi connectivity index (χ1n) is 6.76. The zero-order valence-corrected chi connectivity index (χ0v) is 11.8. The molecule has 8 heteroatoms. The number of fused-ring (bicyclic) bond motifs is 1. The van der Waals surface area contributed by atoms with Crippen LogP contribution >= 0.6 is 0 Å².